The molecule has 1 N–H and O–H groups in total. The zero-order valence-corrected chi connectivity index (χ0v) is 20.0. The Bertz CT molecular complexity index is 1560. The summed E-state index contributed by atoms with van der Waals surface area (Å²) in [6.07, 6.45) is 11.2. The highest BCUT2D eigenvalue weighted by Crippen LogP contribution is 2.41. The number of hydrogen-bond donors (Lipinski definition) is 1. The normalized spacial score (nSPS) is 15.4. The van der Waals surface area contributed by atoms with Crippen molar-refractivity contribution in [2.45, 2.75) is 12.0 Å². The molecule has 0 atom stereocenters. The highest BCUT2D eigenvalue weighted by Gasteiger charge is 2.55. The number of anilines is 3. The molecule has 0 unspecified atom stereocenters. The molecular formula is C28H23N7O2. The van der Waals surface area contributed by atoms with Crippen molar-refractivity contribution in [2.75, 3.05) is 29.9 Å². The number of aromatic nitrogens is 4. The number of pyridine rings is 2. The highest BCUT2D eigenvalue weighted by atomic mass is 16.5. The first kappa shape index (κ1) is 22.5. The van der Waals surface area contributed by atoms with Gasteiger partial charge in [-0.15, -0.1) is 6.42 Å². The Hall–Kier alpha value is -4.97. The first-order valence-electron chi connectivity index (χ1n) is 11.9. The Morgan fingerprint density at radius 2 is 2.00 bits per heavy atom. The molecule has 6 rings (SSSR count). The fourth-order valence-corrected chi connectivity index (χ4v) is 4.79. The van der Waals surface area contributed by atoms with Gasteiger partial charge in [0.15, 0.2) is 5.82 Å². The van der Waals surface area contributed by atoms with Crippen LogP contribution in [0, 0.1) is 12.3 Å². The monoisotopic (exact) mass is 489 g/mol. The van der Waals surface area contributed by atoms with Gasteiger partial charge in [0, 0.05) is 19.6 Å². The lowest BCUT2D eigenvalue weighted by molar-refractivity contribution is -0.144. The Balaban J connectivity index is 1.23. The summed E-state index contributed by atoms with van der Waals surface area (Å²) in [5.74, 6) is 4.96. The first-order valence-corrected chi connectivity index (χ1v) is 11.9. The third kappa shape index (κ3) is 3.98. The van der Waals surface area contributed by atoms with Crippen LogP contribution in [0.3, 0.4) is 0 Å². The van der Waals surface area contributed by atoms with E-state index < -0.39 is 0 Å². The minimum atomic E-state index is -0.114. The molecule has 1 spiro atoms. The summed E-state index contributed by atoms with van der Waals surface area (Å²) in [7, 11) is 0. The number of nitrogens with one attached hydrogen (secondary N) is 1. The number of ether oxygens (including phenoxy) is 1. The van der Waals surface area contributed by atoms with Crippen molar-refractivity contribution in [3.63, 3.8) is 0 Å². The number of likely N-dealkylation sites (tertiary alicyclic amines) is 1. The van der Waals surface area contributed by atoms with Gasteiger partial charge in [0.05, 0.1) is 28.5 Å². The fourth-order valence-electron chi connectivity index (χ4n) is 4.79. The second-order valence-electron chi connectivity index (χ2n) is 9.05. The number of carbonyl (C=O) groups is 1. The minimum absolute atomic E-state index is 0.0163. The molecule has 2 aliphatic heterocycles. The third-order valence-electron chi connectivity index (χ3n) is 6.80. The highest BCUT2D eigenvalue weighted by molar-refractivity contribution is 5.90. The van der Waals surface area contributed by atoms with Crippen molar-refractivity contribution in [2.24, 2.45) is 0 Å². The molecule has 1 aromatic carbocycles. The fraction of sp³-hybridized carbons (Fsp3) is 0.179. The first-order chi connectivity index (χ1) is 18.1. The van der Waals surface area contributed by atoms with Crippen LogP contribution in [0.2, 0.25) is 0 Å². The van der Waals surface area contributed by atoms with Crippen molar-refractivity contribution >= 4 is 34.3 Å². The van der Waals surface area contributed by atoms with Crippen LogP contribution in [0.5, 0.6) is 11.6 Å². The van der Waals surface area contributed by atoms with Gasteiger partial charge in [-0.05, 0) is 42.8 Å². The summed E-state index contributed by atoms with van der Waals surface area (Å²) >= 11 is 0. The molecule has 0 radical (unpaired) electrons. The van der Waals surface area contributed by atoms with E-state index >= 15 is 0 Å². The summed E-state index contributed by atoms with van der Waals surface area (Å²) in [4.78, 5) is 34.2. The average molecular weight is 490 g/mol. The minimum Gasteiger partial charge on any atom is -0.438 e. The molecule has 182 valence electrons. The second-order valence-corrected chi connectivity index (χ2v) is 9.05. The largest absolute Gasteiger partial charge is 0.438 e. The second kappa shape index (κ2) is 8.91. The van der Waals surface area contributed by atoms with E-state index in [9.17, 15) is 4.79 Å². The van der Waals surface area contributed by atoms with Gasteiger partial charge in [0.2, 0.25) is 11.8 Å². The van der Waals surface area contributed by atoms with Gasteiger partial charge < -0.3 is 19.9 Å². The van der Waals surface area contributed by atoms with E-state index in [1.165, 1.54) is 12.4 Å². The predicted molar refractivity (Wildman–Crippen MR) is 141 cm³/mol. The van der Waals surface area contributed by atoms with E-state index in [1.54, 1.807) is 12.3 Å². The van der Waals surface area contributed by atoms with Crippen LogP contribution in [-0.4, -0.2) is 55.9 Å². The number of hydrogen-bond acceptors (Lipinski definition) is 8. The quantitative estimate of drug-likeness (QED) is 0.322. The number of carbonyl (C=O) groups excluding carboxylic acids is 1. The predicted octanol–water partition coefficient (Wildman–Crippen LogP) is 3.91. The van der Waals surface area contributed by atoms with Gasteiger partial charge in [-0.3, -0.25) is 4.79 Å². The maximum atomic E-state index is 12.1. The maximum absolute atomic E-state index is 12.1. The lowest BCUT2D eigenvalue weighted by atomic mass is 9.77. The molecule has 0 saturated carbocycles. The number of benzene rings is 1. The Morgan fingerprint density at radius 3 is 2.73 bits per heavy atom. The summed E-state index contributed by atoms with van der Waals surface area (Å²) in [6.45, 7) is 5.86. The van der Waals surface area contributed by atoms with E-state index in [-0.39, 0.29) is 11.4 Å². The summed E-state index contributed by atoms with van der Waals surface area (Å²) in [5, 5.41) is 3.27. The van der Waals surface area contributed by atoms with Crippen molar-refractivity contribution in [1.82, 2.24) is 24.8 Å². The molecule has 2 fully saturated rings. The standard InChI is InChI=1S/C28H23N7O2/c1-3-19-14-20(15-29-27(19)37-21-8-6-5-7-9-21)32-26-25-22(30-18-31-26)10-11-23(33-25)34-16-28(17-34)12-13-35(28)24(36)4-2/h1,4-11,14-15,18H,2,12-13,16-17H2,(H,30,31,32). The van der Waals surface area contributed by atoms with Crippen LogP contribution in [-0.2, 0) is 4.79 Å². The molecule has 5 heterocycles. The molecule has 0 aliphatic carbocycles. The van der Waals surface area contributed by atoms with Crippen LogP contribution in [0.15, 0.2) is 73.7 Å². The van der Waals surface area contributed by atoms with Gasteiger partial charge in [-0.2, -0.15) is 0 Å². The van der Waals surface area contributed by atoms with Gasteiger partial charge in [0.25, 0.3) is 0 Å². The van der Waals surface area contributed by atoms with E-state index in [0.29, 0.717) is 39.7 Å². The molecule has 37 heavy (non-hydrogen) atoms. The molecule has 9 heteroatoms. The molecule has 4 aromatic rings. The average Bonchev–Trinajstić information content (AvgIpc) is 2.89. The summed E-state index contributed by atoms with van der Waals surface area (Å²) < 4.78 is 5.84. The Morgan fingerprint density at radius 1 is 1.16 bits per heavy atom. The van der Waals surface area contributed by atoms with Gasteiger partial charge in [-0.1, -0.05) is 30.7 Å². The smallest absolute Gasteiger partial charge is 0.246 e. The molecule has 9 nitrogen and oxygen atoms in total. The van der Waals surface area contributed by atoms with Gasteiger partial charge in [-0.25, -0.2) is 19.9 Å². The number of nitrogens with zero attached hydrogens (tertiary/aromatic N) is 6. The number of rotatable bonds is 6. The maximum Gasteiger partial charge on any atom is 0.246 e. The van der Waals surface area contributed by atoms with Gasteiger partial charge in [0.1, 0.15) is 23.4 Å². The topological polar surface area (TPSA) is 96.4 Å². The summed E-state index contributed by atoms with van der Waals surface area (Å²) in [6, 6.07) is 15.0. The van der Waals surface area contributed by atoms with Crippen LogP contribution in [0.25, 0.3) is 11.0 Å². The van der Waals surface area contributed by atoms with E-state index in [0.717, 1.165) is 31.9 Å². The SMILES string of the molecule is C#Cc1cc(Nc2ncnc3ccc(N4CC5(CCN5C(=O)C=C)C4)nc23)cnc1Oc1ccccc1. The number of para-hydroxylation sites is 1. The van der Waals surface area contributed by atoms with Crippen LogP contribution >= 0.6 is 0 Å². The lowest BCUT2D eigenvalue weighted by Crippen LogP contribution is -2.78. The number of fused-ring (bicyclic) bond motifs is 1. The van der Waals surface area contributed by atoms with Gasteiger partial charge >= 0.3 is 0 Å². The zero-order chi connectivity index (χ0) is 25.4. The lowest BCUT2D eigenvalue weighted by Gasteiger charge is -2.62. The zero-order valence-electron chi connectivity index (χ0n) is 20.0. The van der Waals surface area contributed by atoms with Crippen molar-refractivity contribution in [1.29, 1.82) is 0 Å². The molecule has 2 aliphatic rings. The molecule has 1 amide bonds. The van der Waals surface area contributed by atoms with E-state index in [4.69, 9.17) is 16.1 Å². The molecule has 3 aromatic heterocycles. The van der Waals surface area contributed by atoms with E-state index in [1.807, 2.05) is 47.4 Å². The Labute approximate surface area is 213 Å². The van der Waals surface area contributed by atoms with Crippen LogP contribution in [0.1, 0.15) is 12.0 Å². The number of amides is 1. The molecular weight excluding hydrogens is 466 g/mol. The van der Waals surface area contributed by atoms with E-state index in [2.05, 4.69) is 37.7 Å². The van der Waals surface area contributed by atoms with Crippen LogP contribution < -0.4 is 15.0 Å². The van der Waals surface area contributed by atoms with Crippen LogP contribution in [0.4, 0.5) is 17.3 Å². The molecule has 0 bridgehead atoms. The summed E-state index contributed by atoms with van der Waals surface area (Å²) in [5.41, 5.74) is 2.37. The molecule has 2 saturated heterocycles. The Kier molecular flexibility index (Phi) is 5.42. The van der Waals surface area contributed by atoms with Crippen molar-refractivity contribution in [3.05, 3.63) is 79.3 Å². The third-order valence-corrected chi connectivity index (χ3v) is 6.80. The van der Waals surface area contributed by atoms with Crippen molar-refractivity contribution in [3.8, 4) is 24.0 Å². The number of terminal acetylenes is 1. The van der Waals surface area contributed by atoms with Crippen molar-refractivity contribution < 1.29 is 9.53 Å².